The molecule has 0 atom stereocenters. The van der Waals surface area contributed by atoms with Crippen molar-refractivity contribution >= 4 is 22.7 Å². The quantitative estimate of drug-likeness (QED) is 0.700. The Kier molecular flexibility index (Phi) is 2.90. The number of hydrogen-bond acceptors (Lipinski definition) is 3. The summed E-state index contributed by atoms with van der Waals surface area (Å²) in [5, 5.41) is 4.19. The smallest absolute Gasteiger partial charge is 0.256 e. The zero-order chi connectivity index (χ0) is 9.19. The molecule has 0 aromatic heterocycles. The summed E-state index contributed by atoms with van der Waals surface area (Å²) in [6.07, 6.45) is 0. The predicted molar refractivity (Wildman–Crippen MR) is 52.7 cm³/mol. The van der Waals surface area contributed by atoms with Crippen molar-refractivity contribution in [3.63, 3.8) is 0 Å². The molecule has 1 aliphatic heterocycles. The number of nitrogens with zero attached hydrogens (tertiary/aromatic N) is 1. The molecule has 0 aliphatic carbocycles. The zero-order valence-corrected chi connectivity index (χ0v) is 8.49. The normalized spacial score (nSPS) is 18.2. The molecule has 1 N–H and O–H groups in total. The SMILES string of the molecule is CC(C)(C)NCC1=NC(=O)CS1. The number of carbonyl (C=O) groups excluding carboxylic acids is 1. The average molecular weight is 186 g/mol. The van der Waals surface area contributed by atoms with Gasteiger partial charge in [0.2, 0.25) is 0 Å². The van der Waals surface area contributed by atoms with Crippen LogP contribution in [0, 0.1) is 0 Å². The second-order valence-corrected chi connectivity index (χ2v) is 4.84. The Hall–Kier alpha value is -0.350. The Morgan fingerprint density at radius 3 is 2.67 bits per heavy atom. The van der Waals surface area contributed by atoms with Crippen LogP contribution in [0.4, 0.5) is 0 Å². The average Bonchev–Trinajstić information content (AvgIpc) is 2.30. The van der Waals surface area contributed by atoms with Crippen molar-refractivity contribution in [1.82, 2.24) is 5.32 Å². The Morgan fingerprint density at radius 1 is 1.58 bits per heavy atom. The van der Waals surface area contributed by atoms with Gasteiger partial charge in [0.05, 0.1) is 10.8 Å². The summed E-state index contributed by atoms with van der Waals surface area (Å²) < 4.78 is 0. The van der Waals surface area contributed by atoms with E-state index < -0.39 is 0 Å². The summed E-state index contributed by atoms with van der Waals surface area (Å²) in [6.45, 7) is 6.99. The maximum absolute atomic E-state index is 10.7. The largest absolute Gasteiger partial charge is 0.306 e. The molecule has 0 aromatic carbocycles. The molecule has 3 nitrogen and oxygen atoms in total. The molecule has 0 saturated carbocycles. The molecule has 0 saturated heterocycles. The fraction of sp³-hybridized carbons (Fsp3) is 0.750. The van der Waals surface area contributed by atoms with Crippen molar-refractivity contribution in [2.75, 3.05) is 12.3 Å². The monoisotopic (exact) mass is 186 g/mol. The standard InChI is InChI=1S/C8H14N2OS/c1-8(2,3)9-4-7-10-6(11)5-12-7/h9H,4-5H2,1-3H3. The van der Waals surface area contributed by atoms with E-state index in [2.05, 4.69) is 31.1 Å². The molecule has 68 valence electrons. The molecule has 4 heteroatoms. The molecule has 1 aliphatic rings. The molecule has 1 amide bonds. The lowest BCUT2D eigenvalue weighted by molar-refractivity contribution is -0.115. The molecule has 0 unspecified atom stereocenters. The Morgan fingerprint density at radius 2 is 2.25 bits per heavy atom. The van der Waals surface area contributed by atoms with Crippen molar-refractivity contribution in [1.29, 1.82) is 0 Å². The van der Waals surface area contributed by atoms with E-state index in [4.69, 9.17) is 0 Å². The van der Waals surface area contributed by atoms with Gasteiger partial charge in [0.25, 0.3) is 5.91 Å². The molecular weight excluding hydrogens is 172 g/mol. The maximum Gasteiger partial charge on any atom is 0.256 e. The van der Waals surface area contributed by atoms with Crippen LogP contribution in [0.15, 0.2) is 4.99 Å². The molecule has 0 fully saturated rings. The van der Waals surface area contributed by atoms with Gasteiger partial charge in [0, 0.05) is 12.1 Å². The van der Waals surface area contributed by atoms with Gasteiger partial charge in [-0.1, -0.05) is 11.8 Å². The van der Waals surface area contributed by atoms with Crippen molar-refractivity contribution in [3.05, 3.63) is 0 Å². The number of nitrogens with one attached hydrogen (secondary N) is 1. The summed E-state index contributed by atoms with van der Waals surface area (Å²) in [6, 6.07) is 0. The second-order valence-electron chi connectivity index (χ2n) is 3.79. The molecular formula is C8H14N2OS. The van der Waals surface area contributed by atoms with Crippen LogP contribution >= 0.6 is 11.8 Å². The van der Waals surface area contributed by atoms with Gasteiger partial charge in [-0.2, -0.15) is 0 Å². The Labute approximate surface area is 77.0 Å². The summed E-state index contributed by atoms with van der Waals surface area (Å²) in [5.41, 5.74) is 0.0920. The molecule has 0 radical (unpaired) electrons. The second kappa shape index (κ2) is 3.58. The number of carbonyl (C=O) groups is 1. The number of amides is 1. The summed E-state index contributed by atoms with van der Waals surface area (Å²) in [4.78, 5) is 14.6. The van der Waals surface area contributed by atoms with Crippen molar-refractivity contribution in [3.8, 4) is 0 Å². The first-order valence-electron chi connectivity index (χ1n) is 3.95. The minimum Gasteiger partial charge on any atom is -0.306 e. The first-order chi connectivity index (χ1) is 5.47. The van der Waals surface area contributed by atoms with E-state index in [1.807, 2.05) is 0 Å². The van der Waals surface area contributed by atoms with E-state index in [1.165, 1.54) is 11.8 Å². The molecule has 1 heterocycles. The van der Waals surface area contributed by atoms with Crippen molar-refractivity contribution < 1.29 is 4.79 Å². The minimum atomic E-state index is -0.00860. The van der Waals surface area contributed by atoms with Crippen LogP contribution in [0.25, 0.3) is 0 Å². The van der Waals surface area contributed by atoms with Gasteiger partial charge >= 0.3 is 0 Å². The topological polar surface area (TPSA) is 41.5 Å². The zero-order valence-electron chi connectivity index (χ0n) is 7.68. The third-order valence-corrected chi connectivity index (χ3v) is 2.34. The van der Waals surface area contributed by atoms with Gasteiger partial charge in [-0.15, -0.1) is 0 Å². The maximum atomic E-state index is 10.7. The minimum absolute atomic E-state index is 0.00860. The lowest BCUT2D eigenvalue weighted by Crippen LogP contribution is -2.38. The van der Waals surface area contributed by atoms with Crippen LogP contribution in [0.3, 0.4) is 0 Å². The van der Waals surface area contributed by atoms with Crippen molar-refractivity contribution in [2.45, 2.75) is 26.3 Å². The molecule has 0 spiro atoms. The molecule has 0 bridgehead atoms. The van der Waals surface area contributed by atoms with Gasteiger partial charge < -0.3 is 5.32 Å². The third-order valence-electron chi connectivity index (χ3n) is 1.38. The van der Waals surface area contributed by atoms with Crippen LogP contribution in [-0.4, -0.2) is 28.8 Å². The fourth-order valence-electron chi connectivity index (χ4n) is 0.780. The van der Waals surface area contributed by atoms with Crippen molar-refractivity contribution in [2.24, 2.45) is 4.99 Å². The highest BCUT2D eigenvalue weighted by molar-refractivity contribution is 8.15. The number of thioether (sulfide) groups is 1. The van der Waals surface area contributed by atoms with Crippen LogP contribution in [-0.2, 0) is 4.79 Å². The predicted octanol–water partition coefficient (Wildman–Crippen LogP) is 1.05. The van der Waals surface area contributed by atoms with Crippen LogP contribution in [0.2, 0.25) is 0 Å². The lowest BCUT2D eigenvalue weighted by Gasteiger charge is -2.19. The first kappa shape index (κ1) is 9.74. The van der Waals surface area contributed by atoms with E-state index in [9.17, 15) is 4.79 Å². The summed E-state index contributed by atoms with van der Waals surface area (Å²) in [5.74, 6) is 0.506. The Bertz CT molecular complexity index is 218. The Balaban J connectivity index is 2.34. The van der Waals surface area contributed by atoms with E-state index in [1.54, 1.807) is 0 Å². The van der Waals surface area contributed by atoms with E-state index >= 15 is 0 Å². The van der Waals surface area contributed by atoms with Gasteiger partial charge in [0.15, 0.2) is 0 Å². The number of rotatable bonds is 2. The van der Waals surface area contributed by atoms with Gasteiger partial charge in [0.1, 0.15) is 0 Å². The van der Waals surface area contributed by atoms with Crippen LogP contribution in [0.5, 0.6) is 0 Å². The number of aliphatic imine (C=N–C) groups is 1. The fourth-order valence-corrected chi connectivity index (χ4v) is 1.48. The van der Waals surface area contributed by atoms with Gasteiger partial charge in [-0.25, -0.2) is 4.99 Å². The lowest BCUT2D eigenvalue weighted by atomic mass is 10.1. The van der Waals surface area contributed by atoms with Gasteiger partial charge in [-0.3, -0.25) is 4.79 Å². The highest BCUT2D eigenvalue weighted by Gasteiger charge is 2.16. The summed E-state index contributed by atoms with van der Waals surface area (Å²) >= 11 is 1.53. The van der Waals surface area contributed by atoms with E-state index in [0.717, 1.165) is 5.04 Å². The molecule has 1 rings (SSSR count). The highest BCUT2D eigenvalue weighted by atomic mass is 32.2. The number of hydrogen-bond donors (Lipinski definition) is 1. The highest BCUT2D eigenvalue weighted by Crippen LogP contribution is 2.12. The first-order valence-corrected chi connectivity index (χ1v) is 4.94. The molecule has 12 heavy (non-hydrogen) atoms. The third kappa shape index (κ3) is 3.36. The van der Waals surface area contributed by atoms with E-state index in [-0.39, 0.29) is 11.4 Å². The van der Waals surface area contributed by atoms with E-state index in [0.29, 0.717) is 12.3 Å². The van der Waals surface area contributed by atoms with Gasteiger partial charge in [-0.05, 0) is 20.8 Å². The van der Waals surface area contributed by atoms with Crippen LogP contribution < -0.4 is 5.32 Å². The van der Waals surface area contributed by atoms with Crippen LogP contribution in [0.1, 0.15) is 20.8 Å². The summed E-state index contributed by atoms with van der Waals surface area (Å²) in [7, 11) is 0. The molecule has 0 aromatic rings.